The number of nitriles is 1. The van der Waals surface area contributed by atoms with Crippen LogP contribution in [0.1, 0.15) is 37.7 Å². The van der Waals surface area contributed by atoms with Gasteiger partial charge in [0.15, 0.2) is 11.0 Å². The van der Waals surface area contributed by atoms with Crippen molar-refractivity contribution in [3.05, 3.63) is 11.8 Å². The number of nitrogens with zero attached hydrogens (tertiary/aromatic N) is 5. The number of amides is 1. The first kappa shape index (κ1) is 18.0. The second-order valence-corrected chi connectivity index (χ2v) is 7.76. The van der Waals surface area contributed by atoms with Crippen LogP contribution in [0, 0.1) is 23.2 Å². The molecule has 1 aliphatic heterocycles. The zero-order chi connectivity index (χ0) is 17.8. The number of thioether (sulfide) groups is 1. The third kappa shape index (κ3) is 4.06. The lowest BCUT2D eigenvalue weighted by Crippen LogP contribution is -2.42. The van der Waals surface area contributed by atoms with Gasteiger partial charge in [0.25, 0.3) is 0 Å². The molecule has 1 aromatic rings. The summed E-state index contributed by atoms with van der Waals surface area (Å²) >= 11 is 1.49. The van der Waals surface area contributed by atoms with Crippen LogP contribution in [0.15, 0.2) is 11.4 Å². The van der Waals surface area contributed by atoms with E-state index in [1.165, 1.54) is 18.2 Å². The molecule has 2 fully saturated rings. The first-order valence-corrected chi connectivity index (χ1v) is 10.2. The Bertz CT molecular complexity index is 662. The maximum atomic E-state index is 12.3. The van der Waals surface area contributed by atoms with Gasteiger partial charge in [0, 0.05) is 32.6 Å². The standard InChI is InChI=1S/C18H25N5OS/c1-22(17(24)14-4-3-5-14)12-13-6-8-23(9-7-13)16-15(10-19)11-20-18(21-16)25-2/h11,13-14H,3-9,12H2,1-2H3. The Hall–Kier alpha value is -1.81. The third-order valence-electron chi connectivity index (χ3n) is 5.33. The van der Waals surface area contributed by atoms with E-state index in [-0.39, 0.29) is 5.92 Å². The van der Waals surface area contributed by atoms with Crippen molar-refractivity contribution in [1.82, 2.24) is 14.9 Å². The van der Waals surface area contributed by atoms with Gasteiger partial charge in [0.1, 0.15) is 11.6 Å². The number of hydrogen-bond acceptors (Lipinski definition) is 6. The van der Waals surface area contributed by atoms with Crippen molar-refractivity contribution < 1.29 is 4.79 Å². The van der Waals surface area contributed by atoms with Crippen LogP contribution in [0.4, 0.5) is 5.82 Å². The summed E-state index contributed by atoms with van der Waals surface area (Å²) in [7, 11) is 1.94. The second kappa shape index (κ2) is 8.05. The van der Waals surface area contributed by atoms with Crippen molar-refractivity contribution in [3.8, 4) is 6.07 Å². The molecule has 1 amide bonds. The molecule has 1 aromatic heterocycles. The van der Waals surface area contributed by atoms with Crippen molar-refractivity contribution in [2.24, 2.45) is 11.8 Å². The van der Waals surface area contributed by atoms with Gasteiger partial charge in [-0.1, -0.05) is 18.2 Å². The molecular weight excluding hydrogens is 334 g/mol. The van der Waals surface area contributed by atoms with Crippen LogP contribution in [0.25, 0.3) is 0 Å². The van der Waals surface area contributed by atoms with Crippen LogP contribution in [0.2, 0.25) is 0 Å². The van der Waals surface area contributed by atoms with Gasteiger partial charge in [-0.05, 0) is 37.9 Å². The predicted molar refractivity (Wildman–Crippen MR) is 98.4 cm³/mol. The number of rotatable bonds is 5. The van der Waals surface area contributed by atoms with Crippen molar-refractivity contribution >= 4 is 23.5 Å². The molecule has 0 bridgehead atoms. The molecule has 2 aliphatic rings. The number of piperidine rings is 1. The smallest absolute Gasteiger partial charge is 0.225 e. The average Bonchev–Trinajstić information content (AvgIpc) is 2.60. The molecule has 134 valence electrons. The minimum Gasteiger partial charge on any atom is -0.355 e. The van der Waals surface area contributed by atoms with Crippen LogP contribution in [-0.2, 0) is 4.79 Å². The summed E-state index contributed by atoms with van der Waals surface area (Å²) in [6, 6.07) is 2.20. The van der Waals surface area contributed by atoms with Gasteiger partial charge < -0.3 is 9.80 Å². The molecule has 1 aliphatic carbocycles. The van der Waals surface area contributed by atoms with E-state index < -0.39 is 0 Å². The molecule has 0 unspecified atom stereocenters. The maximum absolute atomic E-state index is 12.3. The predicted octanol–water partition coefficient (Wildman–Crippen LogP) is 2.55. The largest absolute Gasteiger partial charge is 0.355 e. The van der Waals surface area contributed by atoms with E-state index in [1.54, 1.807) is 6.20 Å². The average molecular weight is 359 g/mol. The van der Waals surface area contributed by atoms with E-state index in [2.05, 4.69) is 20.9 Å². The first-order chi connectivity index (χ1) is 12.1. The minimum atomic E-state index is 0.272. The number of aromatic nitrogens is 2. The lowest BCUT2D eigenvalue weighted by atomic mass is 9.84. The summed E-state index contributed by atoms with van der Waals surface area (Å²) < 4.78 is 0. The highest BCUT2D eigenvalue weighted by atomic mass is 32.2. The number of anilines is 1. The third-order valence-corrected chi connectivity index (χ3v) is 5.89. The van der Waals surface area contributed by atoms with E-state index in [4.69, 9.17) is 0 Å². The highest BCUT2D eigenvalue weighted by molar-refractivity contribution is 7.98. The molecule has 7 heteroatoms. The normalized spacial score (nSPS) is 18.5. The molecular formula is C18H25N5OS. The fourth-order valence-corrected chi connectivity index (χ4v) is 3.88. The summed E-state index contributed by atoms with van der Waals surface area (Å²) in [6.07, 6.45) is 8.91. The lowest BCUT2D eigenvalue weighted by Gasteiger charge is -2.36. The fourth-order valence-electron chi connectivity index (χ4n) is 3.55. The maximum Gasteiger partial charge on any atom is 0.225 e. The van der Waals surface area contributed by atoms with E-state index >= 15 is 0 Å². The van der Waals surface area contributed by atoms with Crippen LogP contribution < -0.4 is 4.90 Å². The Morgan fingerprint density at radius 1 is 1.40 bits per heavy atom. The summed E-state index contributed by atoms with van der Waals surface area (Å²) in [5.74, 6) is 1.87. The van der Waals surface area contributed by atoms with Crippen molar-refractivity contribution in [1.29, 1.82) is 5.26 Å². The quantitative estimate of drug-likeness (QED) is 0.594. The Labute approximate surface area is 153 Å². The van der Waals surface area contributed by atoms with E-state index in [0.29, 0.717) is 22.5 Å². The molecule has 0 atom stereocenters. The summed E-state index contributed by atoms with van der Waals surface area (Å²) in [4.78, 5) is 25.1. The molecule has 1 saturated carbocycles. The molecule has 0 radical (unpaired) electrons. The number of carbonyl (C=O) groups excluding carboxylic acids is 1. The molecule has 0 aromatic carbocycles. The first-order valence-electron chi connectivity index (χ1n) is 8.93. The van der Waals surface area contributed by atoms with Gasteiger partial charge in [0.2, 0.25) is 5.91 Å². The Morgan fingerprint density at radius 2 is 2.12 bits per heavy atom. The summed E-state index contributed by atoms with van der Waals surface area (Å²) in [5, 5.41) is 10.0. The Morgan fingerprint density at radius 3 is 2.68 bits per heavy atom. The Balaban J connectivity index is 1.57. The fraction of sp³-hybridized carbons (Fsp3) is 0.667. The van der Waals surface area contributed by atoms with Gasteiger partial charge in [-0.2, -0.15) is 5.26 Å². The molecule has 0 spiro atoms. The SMILES string of the molecule is CSc1ncc(C#N)c(N2CCC(CN(C)C(=O)C3CCC3)CC2)n1. The van der Waals surface area contributed by atoms with Gasteiger partial charge in [-0.3, -0.25) is 4.79 Å². The Kier molecular flexibility index (Phi) is 5.79. The van der Waals surface area contributed by atoms with Crippen molar-refractivity contribution in [2.75, 3.05) is 37.8 Å². The zero-order valence-electron chi connectivity index (χ0n) is 14.9. The van der Waals surface area contributed by atoms with Crippen LogP contribution >= 0.6 is 11.8 Å². The molecule has 25 heavy (non-hydrogen) atoms. The molecule has 1 saturated heterocycles. The number of hydrogen-bond donors (Lipinski definition) is 0. The van der Waals surface area contributed by atoms with Crippen molar-refractivity contribution in [3.63, 3.8) is 0 Å². The monoisotopic (exact) mass is 359 g/mol. The summed E-state index contributed by atoms with van der Waals surface area (Å²) in [6.45, 7) is 2.58. The highest BCUT2D eigenvalue weighted by Gasteiger charge is 2.30. The second-order valence-electron chi connectivity index (χ2n) is 6.98. The van der Waals surface area contributed by atoms with E-state index in [1.807, 2.05) is 18.2 Å². The van der Waals surface area contributed by atoms with Gasteiger partial charge in [-0.15, -0.1) is 0 Å². The van der Waals surface area contributed by atoms with Gasteiger partial charge in [-0.25, -0.2) is 9.97 Å². The van der Waals surface area contributed by atoms with E-state index in [0.717, 1.165) is 51.1 Å². The van der Waals surface area contributed by atoms with E-state index in [9.17, 15) is 10.1 Å². The molecule has 3 rings (SSSR count). The number of carbonyl (C=O) groups is 1. The van der Waals surface area contributed by atoms with Crippen molar-refractivity contribution in [2.45, 2.75) is 37.3 Å². The van der Waals surface area contributed by atoms with Crippen LogP contribution in [0.5, 0.6) is 0 Å². The topological polar surface area (TPSA) is 73.1 Å². The molecule has 0 N–H and O–H groups in total. The molecule has 2 heterocycles. The van der Waals surface area contributed by atoms with Crippen LogP contribution in [-0.4, -0.2) is 53.7 Å². The molecule has 6 nitrogen and oxygen atoms in total. The van der Waals surface area contributed by atoms with Crippen LogP contribution in [0.3, 0.4) is 0 Å². The zero-order valence-corrected chi connectivity index (χ0v) is 15.8. The van der Waals surface area contributed by atoms with Gasteiger partial charge in [0.05, 0.1) is 6.20 Å². The summed E-state index contributed by atoms with van der Waals surface area (Å²) in [5.41, 5.74) is 0.536. The highest BCUT2D eigenvalue weighted by Crippen LogP contribution is 2.29. The minimum absolute atomic E-state index is 0.272. The van der Waals surface area contributed by atoms with Gasteiger partial charge >= 0.3 is 0 Å². The lowest BCUT2D eigenvalue weighted by molar-refractivity contribution is -0.137.